The molecule has 0 aliphatic rings. The minimum atomic E-state index is -0.428. The quantitative estimate of drug-likeness (QED) is 0.645. The molecule has 0 fully saturated rings. The van der Waals surface area contributed by atoms with Crippen molar-refractivity contribution in [1.82, 2.24) is 9.97 Å². The van der Waals surface area contributed by atoms with Crippen LogP contribution in [0.5, 0.6) is 17.5 Å². The zero-order valence-corrected chi connectivity index (χ0v) is 9.58. The Labute approximate surface area is 103 Å². The Kier molecular flexibility index (Phi) is 3.05. The van der Waals surface area contributed by atoms with E-state index in [0.717, 1.165) is 0 Å². The van der Waals surface area contributed by atoms with Gasteiger partial charge in [-0.05, 0) is 12.1 Å². The Morgan fingerprint density at radius 1 is 1.22 bits per heavy atom. The van der Waals surface area contributed by atoms with Crippen molar-refractivity contribution >= 4 is 17.3 Å². The van der Waals surface area contributed by atoms with Crippen molar-refractivity contribution in [3.63, 3.8) is 0 Å². The van der Waals surface area contributed by atoms with Crippen LogP contribution in [-0.2, 0) is 0 Å². The molecule has 2 rings (SSSR count). The van der Waals surface area contributed by atoms with Crippen LogP contribution in [-0.4, -0.2) is 27.3 Å². The summed E-state index contributed by atoms with van der Waals surface area (Å²) in [6, 6.07) is 6.95. The van der Waals surface area contributed by atoms with Crippen LogP contribution in [0.4, 0.5) is 17.3 Å². The van der Waals surface area contributed by atoms with Crippen molar-refractivity contribution in [2.45, 2.75) is 0 Å². The molecule has 0 aliphatic carbocycles. The maximum absolute atomic E-state index is 9.58. The van der Waals surface area contributed by atoms with Crippen LogP contribution < -0.4 is 15.8 Å². The number of aromatic hydroxyl groups is 2. The van der Waals surface area contributed by atoms with Gasteiger partial charge in [0.1, 0.15) is 5.75 Å². The molecule has 7 nitrogen and oxygen atoms in total. The molecule has 0 saturated carbocycles. The lowest BCUT2D eigenvalue weighted by Gasteiger charge is -2.10. The van der Waals surface area contributed by atoms with E-state index >= 15 is 0 Å². The van der Waals surface area contributed by atoms with E-state index in [1.807, 2.05) is 0 Å². The lowest BCUT2D eigenvalue weighted by Crippen LogP contribution is -1.99. The van der Waals surface area contributed by atoms with Gasteiger partial charge >= 0.3 is 0 Å². The van der Waals surface area contributed by atoms with Crippen LogP contribution in [0.2, 0.25) is 0 Å². The third-order valence-electron chi connectivity index (χ3n) is 2.23. The fourth-order valence-electron chi connectivity index (χ4n) is 1.41. The highest BCUT2D eigenvalue weighted by Crippen LogP contribution is 2.33. The van der Waals surface area contributed by atoms with Gasteiger partial charge in [-0.15, -0.1) is 0 Å². The Morgan fingerprint density at radius 3 is 2.50 bits per heavy atom. The summed E-state index contributed by atoms with van der Waals surface area (Å²) in [7, 11) is 1.54. The number of nitrogens with two attached hydrogens (primary N) is 1. The van der Waals surface area contributed by atoms with Gasteiger partial charge in [0, 0.05) is 11.8 Å². The number of nitrogen functional groups attached to an aromatic ring is 1. The molecule has 18 heavy (non-hydrogen) atoms. The van der Waals surface area contributed by atoms with Crippen molar-refractivity contribution in [1.29, 1.82) is 0 Å². The van der Waals surface area contributed by atoms with Gasteiger partial charge in [0.2, 0.25) is 17.7 Å². The first-order chi connectivity index (χ1) is 8.60. The maximum Gasteiger partial charge on any atom is 0.244 e. The summed E-state index contributed by atoms with van der Waals surface area (Å²) in [5, 5.41) is 21.9. The number of nitrogens with one attached hydrogen (secondary N) is 1. The summed E-state index contributed by atoms with van der Waals surface area (Å²) in [4.78, 5) is 7.08. The van der Waals surface area contributed by atoms with Crippen LogP contribution in [0.25, 0.3) is 0 Å². The van der Waals surface area contributed by atoms with E-state index in [-0.39, 0.29) is 11.6 Å². The van der Waals surface area contributed by atoms with Crippen molar-refractivity contribution in [2.75, 3.05) is 18.2 Å². The average molecular weight is 248 g/mol. The first kappa shape index (κ1) is 11.8. The predicted molar refractivity (Wildman–Crippen MR) is 66.1 cm³/mol. The molecule has 7 heteroatoms. The van der Waals surface area contributed by atoms with Gasteiger partial charge in [0.25, 0.3) is 0 Å². The number of aromatic nitrogens is 2. The number of nitrogens with zero attached hydrogens (tertiary/aromatic N) is 2. The summed E-state index contributed by atoms with van der Waals surface area (Å²) < 4.78 is 5.06. The Morgan fingerprint density at radius 2 is 1.89 bits per heavy atom. The van der Waals surface area contributed by atoms with Crippen molar-refractivity contribution in [2.24, 2.45) is 0 Å². The molecule has 1 aromatic carbocycles. The van der Waals surface area contributed by atoms with Gasteiger partial charge in [0.15, 0.2) is 5.69 Å². The number of hydrogen-bond donors (Lipinski definition) is 4. The monoisotopic (exact) mass is 248 g/mol. The fraction of sp³-hybridized carbons (Fsp3) is 0.0909. The second kappa shape index (κ2) is 4.66. The zero-order chi connectivity index (χ0) is 13.1. The topological polar surface area (TPSA) is 114 Å². The van der Waals surface area contributed by atoms with E-state index in [9.17, 15) is 10.2 Å². The molecule has 0 amide bonds. The molecule has 0 spiro atoms. The molecule has 0 unspecified atom stereocenters. The smallest absolute Gasteiger partial charge is 0.244 e. The van der Waals surface area contributed by atoms with Gasteiger partial charge < -0.3 is 26.0 Å². The van der Waals surface area contributed by atoms with E-state index in [1.165, 1.54) is 0 Å². The number of anilines is 3. The molecule has 0 aliphatic heterocycles. The van der Waals surface area contributed by atoms with Gasteiger partial charge in [-0.3, -0.25) is 0 Å². The minimum absolute atomic E-state index is 0.0162. The van der Waals surface area contributed by atoms with Gasteiger partial charge in [-0.25, -0.2) is 0 Å². The molecule has 0 atom stereocenters. The molecule has 94 valence electrons. The first-order valence-electron chi connectivity index (χ1n) is 5.06. The van der Waals surface area contributed by atoms with E-state index in [2.05, 4.69) is 15.3 Å². The van der Waals surface area contributed by atoms with E-state index in [4.69, 9.17) is 10.5 Å². The zero-order valence-electron chi connectivity index (χ0n) is 9.58. The SMILES string of the molecule is COc1cccc(Nc2c(O)nc(N)nc2O)c1. The molecular formula is C11H12N4O3. The molecular weight excluding hydrogens is 236 g/mol. The molecule has 0 radical (unpaired) electrons. The van der Waals surface area contributed by atoms with Crippen molar-refractivity contribution in [3.8, 4) is 17.5 Å². The van der Waals surface area contributed by atoms with Gasteiger partial charge in [0.05, 0.1) is 7.11 Å². The van der Waals surface area contributed by atoms with Crippen molar-refractivity contribution in [3.05, 3.63) is 24.3 Å². The Balaban J connectivity index is 2.33. The third-order valence-corrected chi connectivity index (χ3v) is 2.23. The van der Waals surface area contributed by atoms with Crippen LogP contribution >= 0.6 is 0 Å². The highest BCUT2D eigenvalue weighted by molar-refractivity contribution is 5.70. The summed E-state index contributed by atoms with van der Waals surface area (Å²) in [5.74, 6) is -0.429. The van der Waals surface area contributed by atoms with Crippen LogP contribution in [0.1, 0.15) is 0 Å². The average Bonchev–Trinajstić information content (AvgIpc) is 2.34. The lowest BCUT2D eigenvalue weighted by molar-refractivity contribution is 0.415. The number of benzene rings is 1. The van der Waals surface area contributed by atoms with E-state index in [1.54, 1.807) is 31.4 Å². The molecule has 0 bridgehead atoms. The standard InChI is InChI=1S/C11H12N4O3/c1-18-7-4-2-3-6(5-7)13-8-9(16)14-11(12)15-10(8)17/h2-5,13H,1H3,(H4,12,14,15,16,17). The largest absolute Gasteiger partial charge is 0.497 e. The number of hydrogen-bond acceptors (Lipinski definition) is 7. The highest BCUT2D eigenvalue weighted by atomic mass is 16.5. The first-order valence-corrected chi connectivity index (χ1v) is 5.06. The summed E-state index contributed by atoms with van der Waals surface area (Å²) in [6.45, 7) is 0. The molecule has 1 aromatic heterocycles. The summed E-state index contributed by atoms with van der Waals surface area (Å²) in [5.41, 5.74) is 5.87. The highest BCUT2D eigenvalue weighted by Gasteiger charge is 2.12. The minimum Gasteiger partial charge on any atom is -0.497 e. The fourth-order valence-corrected chi connectivity index (χ4v) is 1.41. The molecule has 5 N–H and O–H groups in total. The second-order valence-corrected chi connectivity index (χ2v) is 3.46. The number of ether oxygens (including phenoxy) is 1. The normalized spacial score (nSPS) is 10.1. The van der Waals surface area contributed by atoms with Crippen molar-refractivity contribution < 1.29 is 14.9 Å². The summed E-state index contributed by atoms with van der Waals surface area (Å²) in [6.07, 6.45) is 0. The van der Waals surface area contributed by atoms with Gasteiger partial charge in [-0.2, -0.15) is 9.97 Å². The molecule has 1 heterocycles. The molecule has 0 saturated heterocycles. The van der Waals surface area contributed by atoms with Gasteiger partial charge in [-0.1, -0.05) is 6.07 Å². The number of methoxy groups -OCH3 is 1. The predicted octanol–water partition coefficient (Wildman–Crippen LogP) is 1.22. The van der Waals surface area contributed by atoms with Crippen LogP contribution in [0.15, 0.2) is 24.3 Å². The Bertz CT molecular complexity index is 551. The maximum atomic E-state index is 9.58. The van der Waals surface area contributed by atoms with Crippen LogP contribution in [0.3, 0.4) is 0 Å². The van der Waals surface area contributed by atoms with E-state index in [0.29, 0.717) is 11.4 Å². The second-order valence-electron chi connectivity index (χ2n) is 3.46. The van der Waals surface area contributed by atoms with Crippen LogP contribution in [0, 0.1) is 0 Å². The third kappa shape index (κ3) is 2.34. The summed E-state index contributed by atoms with van der Waals surface area (Å²) >= 11 is 0. The Hall–Kier alpha value is -2.70. The molecule has 2 aromatic rings. The lowest BCUT2D eigenvalue weighted by atomic mass is 10.3. The van der Waals surface area contributed by atoms with E-state index < -0.39 is 11.8 Å². The number of rotatable bonds is 3.